The molecular formula is C27H36N2O4. The molecule has 2 atom stereocenters. The average Bonchev–Trinajstić information content (AvgIpc) is 2.75. The molecule has 6 heteroatoms. The molecule has 2 rings (SSSR count). The van der Waals surface area contributed by atoms with Gasteiger partial charge >= 0.3 is 5.97 Å². The number of nitrogens with one attached hydrogen (secondary N) is 2. The molecule has 6 nitrogen and oxygen atoms in total. The van der Waals surface area contributed by atoms with Crippen LogP contribution in [-0.4, -0.2) is 30.4 Å². The third-order valence-electron chi connectivity index (χ3n) is 5.14. The van der Waals surface area contributed by atoms with Crippen LogP contribution in [0.5, 0.6) is 0 Å². The van der Waals surface area contributed by atoms with Crippen LogP contribution in [0.25, 0.3) is 11.1 Å². The minimum Gasteiger partial charge on any atom is -0.469 e. The van der Waals surface area contributed by atoms with E-state index < -0.39 is 23.5 Å². The van der Waals surface area contributed by atoms with Crippen molar-refractivity contribution >= 4 is 17.8 Å². The van der Waals surface area contributed by atoms with Gasteiger partial charge in [0.15, 0.2) is 0 Å². The Morgan fingerprint density at radius 1 is 0.909 bits per heavy atom. The lowest BCUT2D eigenvalue weighted by Gasteiger charge is -2.27. The molecule has 2 aromatic rings. The summed E-state index contributed by atoms with van der Waals surface area (Å²) in [5.41, 5.74) is 2.17. The van der Waals surface area contributed by atoms with E-state index in [-0.39, 0.29) is 24.2 Å². The molecule has 0 radical (unpaired) electrons. The Morgan fingerprint density at radius 3 is 2.12 bits per heavy atom. The minimum atomic E-state index is -0.896. The predicted octanol–water partition coefficient (Wildman–Crippen LogP) is 4.65. The second-order valence-corrected chi connectivity index (χ2v) is 9.78. The zero-order chi connectivity index (χ0) is 24.6. The smallest absolute Gasteiger partial charge is 0.306 e. The van der Waals surface area contributed by atoms with Crippen molar-refractivity contribution in [2.75, 3.05) is 7.11 Å². The van der Waals surface area contributed by atoms with E-state index in [1.165, 1.54) is 7.11 Å². The lowest BCUT2D eigenvalue weighted by Crippen LogP contribution is -2.48. The van der Waals surface area contributed by atoms with Crippen LogP contribution in [0.1, 0.15) is 59.1 Å². The topological polar surface area (TPSA) is 84.5 Å². The Bertz CT molecular complexity index is 948. The molecule has 0 aromatic heterocycles. The quantitative estimate of drug-likeness (QED) is 0.543. The number of carbonyl (C=O) groups excluding carboxylic acids is 3. The molecular weight excluding hydrogens is 416 g/mol. The molecule has 178 valence electrons. The summed E-state index contributed by atoms with van der Waals surface area (Å²) in [5.74, 6) is -1.47. The van der Waals surface area contributed by atoms with Crippen molar-refractivity contribution in [3.8, 4) is 11.1 Å². The lowest BCUT2D eigenvalue weighted by atomic mass is 9.92. The summed E-state index contributed by atoms with van der Waals surface area (Å²) in [6.45, 7) is 9.66. The molecule has 0 spiro atoms. The maximum atomic E-state index is 13.2. The van der Waals surface area contributed by atoms with E-state index in [1.807, 2.05) is 89.2 Å². The van der Waals surface area contributed by atoms with Crippen LogP contribution in [0.4, 0.5) is 0 Å². The molecule has 1 unspecified atom stereocenters. The SMILES string of the molecule is COC(=O)C[C@@H](CC(C)C)C(=O)NC(C(=O)NC(C)(C)C)c1cccc(-c2ccccc2)c1. The summed E-state index contributed by atoms with van der Waals surface area (Å²) >= 11 is 0. The van der Waals surface area contributed by atoms with Crippen molar-refractivity contribution in [2.24, 2.45) is 11.8 Å². The van der Waals surface area contributed by atoms with Gasteiger partial charge in [-0.25, -0.2) is 0 Å². The fourth-order valence-electron chi connectivity index (χ4n) is 3.67. The van der Waals surface area contributed by atoms with Crippen molar-refractivity contribution in [3.05, 3.63) is 60.2 Å². The Morgan fingerprint density at radius 2 is 1.55 bits per heavy atom. The Kier molecular flexibility index (Phi) is 9.21. The summed E-state index contributed by atoms with van der Waals surface area (Å²) in [6.07, 6.45) is 0.483. The first-order valence-electron chi connectivity index (χ1n) is 11.3. The van der Waals surface area contributed by atoms with Crippen LogP contribution < -0.4 is 10.6 Å². The van der Waals surface area contributed by atoms with Gasteiger partial charge in [0.2, 0.25) is 11.8 Å². The van der Waals surface area contributed by atoms with Gasteiger partial charge in [0.05, 0.1) is 13.5 Å². The fourth-order valence-corrected chi connectivity index (χ4v) is 3.67. The van der Waals surface area contributed by atoms with Crippen LogP contribution in [0.15, 0.2) is 54.6 Å². The van der Waals surface area contributed by atoms with Gasteiger partial charge in [-0.05, 0) is 55.9 Å². The molecule has 0 aliphatic carbocycles. The van der Waals surface area contributed by atoms with E-state index >= 15 is 0 Å². The molecule has 0 saturated carbocycles. The molecule has 0 saturated heterocycles. The van der Waals surface area contributed by atoms with Crippen LogP contribution in [0.3, 0.4) is 0 Å². The third-order valence-corrected chi connectivity index (χ3v) is 5.14. The number of methoxy groups -OCH3 is 1. The number of hydrogen-bond acceptors (Lipinski definition) is 4. The van der Waals surface area contributed by atoms with Crippen molar-refractivity contribution in [3.63, 3.8) is 0 Å². The first-order valence-corrected chi connectivity index (χ1v) is 11.3. The molecule has 33 heavy (non-hydrogen) atoms. The summed E-state index contributed by atoms with van der Waals surface area (Å²) in [6, 6.07) is 16.6. The average molecular weight is 453 g/mol. The zero-order valence-electron chi connectivity index (χ0n) is 20.5. The second-order valence-electron chi connectivity index (χ2n) is 9.78. The Hall–Kier alpha value is -3.15. The maximum Gasteiger partial charge on any atom is 0.306 e. The van der Waals surface area contributed by atoms with Crippen LogP contribution >= 0.6 is 0 Å². The van der Waals surface area contributed by atoms with Gasteiger partial charge in [0, 0.05) is 11.5 Å². The monoisotopic (exact) mass is 452 g/mol. The number of carbonyl (C=O) groups is 3. The van der Waals surface area contributed by atoms with Crippen LogP contribution in [0, 0.1) is 11.8 Å². The summed E-state index contributed by atoms with van der Waals surface area (Å²) in [5, 5.41) is 5.88. The van der Waals surface area contributed by atoms with Crippen molar-refractivity contribution in [1.82, 2.24) is 10.6 Å². The number of esters is 1. The predicted molar refractivity (Wildman–Crippen MR) is 130 cm³/mol. The number of benzene rings is 2. The van der Waals surface area contributed by atoms with Crippen molar-refractivity contribution < 1.29 is 19.1 Å². The maximum absolute atomic E-state index is 13.2. The molecule has 0 heterocycles. The van der Waals surface area contributed by atoms with E-state index in [4.69, 9.17) is 4.74 Å². The molecule has 2 N–H and O–H groups in total. The van der Waals surface area contributed by atoms with Gasteiger partial charge in [0.1, 0.15) is 6.04 Å². The zero-order valence-corrected chi connectivity index (χ0v) is 20.5. The second kappa shape index (κ2) is 11.6. The summed E-state index contributed by atoms with van der Waals surface area (Å²) < 4.78 is 4.78. The van der Waals surface area contributed by atoms with Gasteiger partial charge in [-0.15, -0.1) is 0 Å². The molecule has 2 aromatic carbocycles. The first kappa shape index (κ1) is 26.1. The van der Waals surface area contributed by atoms with Crippen LogP contribution in [0.2, 0.25) is 0 Å². The number of rotatable bonds is 9. The summed E-state index contributed by atoms with van der Waals surface area (Å²) in [4.78, 5) is 38.4. The van der Waals surface area contributed by atoms with Crippen molar-refractivity contribution in [2.45, 2.75) is 59.0 Å². The Labute approximate surface area is 197 Å². The standard InChI is InChI=1S/C27H36N2O4/c1-18(2)15-22(17-23(30)33-6)25(31)28-24(26(32)29-27(3,4)5)21-14-10-13-20(16-21)19-11-8-7-9-12-19/h7-14,16,18,22,24H,15,17H2,1-6H3,(H,28,31)(H,29,32)/t22-,24?/m1/s1. The Balaban J connectivity index is 2.39. The normalized spacial score (nSPS) is 13.2. The third kappa shape index (κ3) is 8.37. The van der Waals surface area contributed by atoms with Gasteiger partial charge < -0.3 is 15.4 Å². The molecule has 0 fully saturated rings. The first-order chi connectivity index (χ1) is 15.5. The largest absolute Gasteiger partial charge is 0.469 e. The van der Waals surface area contributed by atoms with E-state index in [0.717, 1.165) is 11.1 Å². The molecule has 2 amide bonds. The van der Waals surface area contributed by atoms with Gasteiger partial charge in [-0.1, -0.05) is 62.4 Å². The van der Waals surface area contributed by atoms with E-state index in [9.17, 15) is 14.4 Å². The van der Waals surface area contributed by atoms with Gasteiger partial charge in [0.25, 0.3) is 0 Å². The minimum absolute atomic E-state index is 0.0296. The highest BCUT2D eigenvalue weighted by Crippen LogP contribution is 2.25. The van der Waals surface area contributed by atoms with E-state index in [2.05, 4.69) is 10.6 Å². The highest BCUT2D eigenvalue weighted by atomic mass is 16.5. The van der Waals surface area contributed by atoms with E-state index in [0.29, 0.717) is 12.0 Å². The highest BCUT2D eigenvalue weighted by Gasteiger charge is 2.30. The summed E-state index contributed by atoms with van der Waals surface area (Å²) in [7, 11) is 1.31. The fraction of sp³-hybridized carbons (Fsp3) is 0.444. The van der Waals surface area contributed by atoms with Gasteiger partial charge in [-0.3, -0.25) is 14.4 Å². The van der Waals surface area contributed by atoms with Crippen molar-refractivity contribution in [1.29, 1.82) is 0 Å². The molecule has 0 aliphatic rings. The highest BCUT2D eigenvalue weighted by molar-refractivity contribution is 5.91. The van der Waals surface area contributed by atoms with Gasteiger partial charge in [-0.2, -0.15) is 0 Å². The molecule has 0 aliphatic heterocycles. The number of hydrogen-bond donors (Lipinski definition) is 2. The number of ether oxygens (including phenoxy) is 1. The van der Waals surface area contributed by atoms with E-state index in [1.54, 1.807) is 0 Å². The number of amides is 2. The lowest BCUT2D eigenvalue weighted by molar-refractivity contribution is -0.144. The van der Waals surface area contributed by atoms with Crippen LogP contribution in [-0.2, 0) is 19.1 Å². The molecule has 0 bridgehead atoms.